The van der Waals surface area contributed by atoms with Crippen molar-refractivity contribution in [1.29, 1.82) is 0 Å². The number of thiazole rings is 1. The standard InChI is InChI=1S/C19H26N4S.HI/c1-4-20-19(22-12-18-13(2)23-14(3)24-18)21-11-16-10-17(16)15-8-6-5-7-9-15;/h5-9,16-17H,4,10-12H2,1-3H3,(H2,20,21,22);1H. The molecule has 4 nitrogen and oxygen atoms in total. The van der Waals surface area contributed by atoms with Gasteiger partial charge in [0.15, 0.2) is 5.96 Å². The molecular formula is C19H27IN4S. The van der Waals surface area contributed by atoms with Gasteiger partial charge in [-0.2, -0.15) is 0 Å². The van der Waals surface area contributed by atoms with Crippen LogP contribution >= 0.6 is 35.3 Å². The third-order valence-corrected chi connectivity index (χ3v) is 5.46. The van der Waals surface area contributed by atoms with Gasteiger partial charge in [0.1, 0.15) is 0 Å². The smallest absolute Gasteiger partial charge is 0.191 e. The zero-order chi connectivity index (χ0) is 16.9. The van der Waals surface area contributed by atoms with Gasteiger partial charge in [0.25, 0.3) is 0 Å². The fraction of sp³-hybridized carbons (Fsp3) is 0.474. The van der Waals surface area contributed by atoms with E-state index in [-0.39, 0.29) is 24.0 Å². The molecule has 0 aliphatic heterocycles. The van der Waals surface area contributed by atoms with Gasteiger partial charge in [-0.15, -0.1) is 35.3 Å². The Bertz CT molecular complexity index is 699. The van der Waals surface area contributed by atoms with Crippen molar-refractivity contribution >= 4 is 41.3 Å². The molecule has 2 atom stereocenters. The predicted molar refractivity (Wildman–Crippen MR) is 117 cm³/mol. The van der Waals surface area contributed by atoms with E-state index in [1.807, 2.05) is 6.92 Å². The highest BCUT2D eigenvalue weighted by molar-refractivity contribution is 14.0. The van der Waals surface area contributed by atoms with Crippen LogP contribution in [-0.2, 0) is 6.54 Å². The Kier molecular flexibility index (Phi) is 7.68. The molecule has 1 saturated carbocycles. The van der Waals surface area contributed by atoms with Gasteiger partial charge in [0.2, 0.25) is 0 Å². The van der Waals surface area contributed by atoms with Crippen molar-refractivity contribution in [3.63, 3.8) is 0 Å². The SMILES string of the molecule is CCNC(=NCc1sc(C)nc1C)NCC1CC1c1ccccc1.I. The topological polar surface area (TPSA) is 49.3 Å². The molecule has 1 aromatic heterocycles. The molecule has 0 radical (unpaired) electrons. The maximum Gasteiger partial charge on any atom is 0.191 e. The number of nitrogens with one attached hydrogen (secondary N) is 2. The summed E-state index contributed by atoms with van der Waals surface area (Å²) in [6.07, 6.45) is 1.27. The van der Waals surface area contributed by atoms with E-state index < -0.39 is 0 Å². The van der Waals surface area contributed by atoms with E-state index in [2.05, 4.69) is 59.8 Å². The van der Waals surface area contributed by atoms with Crippen LogP contribution in [0, 0.1) is 19.8 Å². The minimum atomic E-state index is 0. The first-order valence-corrected chi connectivity index (χ1v) is 9.49. The first-order valence-electron chi connectivity index (χ1n) is 8.67. The molecule has 1 aromatic carbocycles. The van der Waals surface area contributed by atoms with Crippen LogP contribution in [0.2, 0.25) is 0 Å². The highest BCUT2D eigenvalue weighted by Gasteiger charge is 2.37. The molecular weight excluding hydrogens is 443 g/mol. The summed E-state index contributed by atoms with van der Waals surface area (Å²) in [6.45, 7) is 8.75. The Balaban J connectivity index is 0.00000225. The molecule has 25 heavy (non-hydrogen) atoms. The summed E-state index contributed by atoms with van der Waals surface area (Å²) in [5, 5.41) is 7.95. The van der Waals surface area contributed by atoms with Crippen molar-refractivity contribution in [3.8, 4) is 0 Å². The number of hydrogen-bond acceptors (Lipinski definition) is 3. The number of benzene rings is 1. The number of aryl methyl sites for hydroxylation is 2. The third-order valence-electron chi connectivity index (χ3n) is 4.41. The quantitative estimate of drug-likeness (QED) is 0.377. The fourth-order valence-electron chi connectivity index (χ4n) is 3.02. The van der Waals surface area contributed by atoms with Crippen molar-refractivity contribution in [2.75, 3.05) is 13.1 Å². The van der Waals surface area contributed by atoms with Gasteiger partial charge in [0.05, 0.1) is 17.2 Å². The monoisotopic (exact) mass is 470 g/mol. The molecule has 6 heteroatoms. The van der Waals surface area contributed by atoms with E-state index in [9.17, 15) is 0 Å². The summed E-state index contributed by atoms with van der Waals surface area (Å²) < 4.78 is 0. The Morgan fingerprint density at radius 1 is 1.24 bits per heavy atom. The van der Waals surface area contributed by atoms with Crippen molar-refractivity contribution in [2.24, 2.45) is 10.9 Å². The van der Waals surface area contributed by atoms with E-state index in [1.165, 1.54) is 16.9 Å². The average Bonchev–Trinajstić information content (AvgIpc) is 3.29. The van der Waals surface area contributed by atoms with Gasteiger partial charge in [-0.05, 0) is 44.6 Å². The van der Waals surface area contributed by atoms with Gasteiger partial charge in [-0.1, -0.05) is 30.3 Å². The number of nitrogens with zero attached hydrogens (tertiary/aromatic N) is 2. The lowest BCUT2D eigenvalue weighted by atomic mass is 10.1. The van der Waals surface area contributed by atoms with E-state index in [1.54, 1.807) is 11.3 Å². The molecule has 1 aliphatic rings. The highest BCUT2D eigenvalue weighted by Crippen LogP contribution is 2.46. The van der Waals surface area contributed by atoms with Crippen LogP contribution in [0.15, 0.2) is 35.3 Å². The van der Waals surface area contributed by atoms with Gasteiger partial charge < -0.3 is 10.6 Å². The first-order chi connectivity index (χ1) is 11.7. The molecule has 3 rings (SSSR count). The van der Waals surface area contributed by atoms with Crippen LogP contribution in [0.5, 0.6) is 0 Å². The van der Waals surface area contributed by atoms with Crippen LogP contribution in [0.25, 0.3) is 0 Å². The minimum Gasteiger partial charge on any atom is -0.357 e. The van der Waals surface area contributed by atoms with Gasteiger partial charge >= 0.3 is 0 Å². The lowest BCUT2D eigenvalue weighted by molar-refractivity contribution is 0.721. The molecule has 0 saturated heterocycles. The van der Waals surface area contributed by atoms with Crippen molar-refractivity contribution < 1.29 is 0 Å². The zero-order valence-corrected chi connectivity index (χ0v) is 18.2. The Hall–Kier alpha value is -1.15. The van der Waals surface area contributed by atoms with Crippen LogP contribution in [0.3, 0.4) is 0 Å². The Morgan fingerprint density at radius 3 is 2.64 bits per heavy atom. The van der Waals surface area contributed by atoms with Crippen LogP contribution in [-0.4, -0.2) is 24.0 Å². The van der Waals surface area contributed by atoms with E-state index in [4.69, 9.17) is 4.99 Å². The van der Waals surface area contributed by atoms with Gasteiger partial charge in [-0.25, -0.2) is 9.98 Å². The molecule has 1 heterocycles. The number of hydrogen-bond donors (Lipinski definition) is 2. The summed E-state index contributed by atoms with van der Waals surface area (Å²) in [5.74, 6) is 2.32. The lowest BCUT2D eigenvalue weighted by Gasteiger charge is -2.11. The van der Waals surface area contributed by atoms with Crippen LogP contribution < -0.4 is 10.6 Å². The number of halogens is 1. The number of aromatic nitrogens is 1. The lowest BCUT2D eigenvalue weighted by Crippen LogP contribution is -2.38. The molecule has 0 amide bonds. The summed E-state index contributed by atoms with van der Waals surface area (Å²) in [5.41, 5.74) is 2.56. The summed E-state index contributed by atoms with van der Waals surface area (Å²) in [4.78, 5) is 10.4. The van der Waals surface area contributed by atoms with Gasteiger partial charge in [0, 0.05) is 18.0 Å². The highest BCUT2D eigenvalue weighted by atomic mass is 127. The number of guanidine groups is 1. The van der Waals surface area contributed by atoms with Crippen molar-refractivity contribution in [1.82, 2.24) is 15.6 Å². The predicted octanol–water partition coefficient (Wildman–Crippen LogP) is 4.24. The molecule has 2 unspecified atom stereocenters. The molecule has 0 bridgehead atoms. The second kappa shape index (κ2) is 9.52. The maximum atomic E-state index is 4.72. The molecule has 1 aliphatic carbocycles. The molecule has 2 aromatic rings. The van der Waals surface area contributed by atoms with Crippen LogP contribution in [0.4, 0.5) is 0 Å². The largest absolute Gasteiger partial charge is 0.357 e. The van der Waals surface area contributed by atoms with E-state index >= 15 is 0 Å². The van der Waals surface area contributed by atoms with Crippen molar-refractivity contribution in [3.05, 3.63) is 51.5 Å². The van der Waals surface area contributed by atoms with E-state index in [0.29, 0.717) is 18.4 Å². The normalized spacial score (nSPS) is 19.2. The Labute approximate surface area is 171 Å². The van der Waals surface area contributed by atoms with Crippen molar-refractivity contribution in [2.45, 2.75) is 39.7 Å². The summed E-state index contributed by atoms with van der Waals surface area (Å²) in [7, 11) is 0. The number of rotatable bonds is 6. The summed E-state index contributed by atoms with van der Waals surface area (Å²) >= 11 is 1.74. The molecule has 136 valence electrons. The third kappa shape index (κ3) is 5.67. The van der Waals surface area contributed by atoms with Crippen LogP contribution in [0.1, 0.15) is 40.4 Å². The first kappa shape index (κ1) is 20.2. The second-order valence-corrected chi connectivity index (χ2v) is 7.62. The average molecular weight is 470 g/mol. The molecule has 2 N–H and O–H groups in total. The summed E-state index contributed by atoms with van der Waals surface area (Å²) in [6, 6.07) is 10.8. The maximum absolute atomic E-state index is 4.72. The fourth-order valence-corrected chi connectivity index (χ4v) is 3.88. The Morgan fingerprint density at radius 2 is 2.00 bits per heavy atom. The van der Waals surface area contributed by atoms with E-state index in [0.717, 1.165) is 29.8 Å². The zero-order valence-electron chi connectivity index (χ0n) is 15.1. The molecule has 1 fully saturated rings. The molecule has 0 spiro atoms. The minimum absolute atomic E-state index is 0. The van der Waals surface area contributed by atoms with Gasteiger partial charge in [-0.3, -0.25) is 0 Å². The second-order valence-electron chi connectivity index (χ2n) is 6.33. The number of aliphatic imine (C=N–C) groups is 1.